The van der Waals surface area contributed by atoms with Crippen LogP contribution in [0.4, 0.5) is 5.69 Å². The van der Waals surface area contributed by atoms with Gasteiger partial charge in [-0.2, -0.15) is 0 Å². The van der Waals surface area contributed by atoms with Gasteiger partial charge in [0, 0.05) is 18.6 Å². The van der Waals surface area contributed by atoms with Gasteiger partial charge < -0.3 is 5.11 Å². The Balaban J connectivity index is 3.20. The zero-order valence-electron chi connectivity index (χ0n) is 9.62. The molecule has 0 aromatic heterocycles. The molecule has 94 valence electrons. The third-order valence-corrected chi connectivity index (χ3v) is 2.24. The zero-order chi connectivity index (χ0) is 13.7. The molecule has 0 fully saturated rings. The number of hydrogen-bond acceptors (Lipinski definition) is 4. The van der Waals surface area contributed by atoms with Gasteiger partial charge in [-0.15, -0.1) is 0 Å². The summed E-state index contributed by atoms with van der Waals surface area (Å²) < 4.78 is 0. The number of Topliss-reactive ketones (excluding diaryl/α,β-unsaturated/α-hetero) is 1. The highest BCUT2D eigenvalue weighted by Gasteiger charge is 2.15. The van der Waals surface area contributed by atoms with Crippen molar-refractivity contribution in [1.82, 2.24) is 0 Å². The summed E-state index contributed by atoms with van der Waals surface area (Å²) >= 11 is 0. The molecule has 6 heteroatoms. The lowest BCUT2D eigenvalue weighted by Gasteiger charge is -2.00. The molecule has 0 aliphatic rings. The molecule has 1 aromatic carbocycles. The second-order valence-corrected chi connectivity index (χ2v) is 3.49. The number of hydrogen-bond donors (Lipinski definition) is 1. The number of rotatable bonds is 5. The summed E-state index contributed by atoms with van der Waals surface area (Å²) in [6.45, 7) is 1.55. The van der Waals surface area contributed by atoms with Gasteiger partial charge in [0.15, 0.2) is 5.78 Å². The normalized spacial score (nSPS) is 11.1. The van der Waals surface area contributed by atoms with Crippen LogP contribution < -0.4 is 0 Å². The summed E-state index contributed by atoms with van der Waals surface area (Å²) in [7, 11) is 0. The highest BCUT2D eigenvalue weighted by Crippen LogP contribution is 2.16. The Hall–Kier alpha value is -2.50. The fourth-order valence-electron chi connectivity index (χ4n) is 1.35. The van der Waals surface area contributed by atoms with E-state index in [2.05, 4.69) is 0 Å². The van der Waals surface area contributed by atoms with Gasteiger partial charge in [-0.3, -0.25) is 14.9 Å². The van der Waals surface area contributed by atoms with E-state index in [9.17, 15) is 19.7 Å². The van der Waals surface area contributed by atoms with Crippen LogP contribution in [0, 0.1) is 10.1 Å². The smallest absolute Gasteiger partial charge is 0.339 e. The van der Waals surface area contributed by atoms with Crippen molar-refractivity contribution >= 4 is 23.5 Å². The van der Waals surface area contributed by atoms with E-state index in [0.717, 1.165) is 6.08 Å². The van der Waals surface area contributed by atoms with Gasteiger partial charge in [-0.25, -0.2) is 4.79 Å². The lowest BCUT2D eigenvalue weighted by molar-refractivity contribution is -0.384. The summed E-state index contributed by atoms with van der Waals surface area (Å²) in [6.07, 6.45) is 1.20. The molecule has 1 rings (SSSR count). The standard InChI is InChI=1S/C12H11NO5/c1-2-11(14)10(12(15)16)7-8-4-3-5-9(6-8)13(17)18/h3-7H,2H2,1H3,(H,15,16)/b10-7+. The van der Waals surface area contributed by atoms with Gasteiger partial charge in [0.25, 0.3) is 5.69 Å². The van der Waals surface area contributed by atoms with Gasteiger partial charge >= 0.3 is 5.97 Å². The molecule has 6 nitrogen and oxygen atoms in total. The number of carboxylic acid groups (broad SMARTS) is 1. The van der Waals surface area contributed by atoms with E-state index >= 15 is 0 Å². The maximum Gasteiger partial charge on any atom is 0.339 e. The Bertz CT molecular complexity index is 533. The van der Waals surface area contributed by atoms with Crippen LogP contribution in [0.3, 0.4) is 0 Å². The Kier molecular flexibility index (Phi) is 4.31. The highest BCUT2D eigenvalue weighted by molar-refractivity contribution is 6.19. The number of ketones is 1. The Labute approximate surface area is 103 Å². The Morgan fingerprint density at radius 3 is 2.61 bits per heavy atom. The third kappa shape index (κ3) is 3.24. The summed E-state index contributed by atoms with van der Waals surface area (Å²) in [5, 5.41) is 19.5. The van der Waals surface area contributed by atoms with Crippen molar-refractivity contribution in [3.05, 3.63) is 45.5 Å². The fourth-order valence-corrected chi connectivity index (χ4v) is 1.35. The lowest BCUT2D eigenvalue weighted by Crippen LogP contribution is -2.10. The molecule has 0 unspecified atom stereocenters. The molecule has 0 spiro atoms. The number of carbonyl (C=O) groups is 2. The number of benzene rings is 1. The first kappa shape index (κ1) is 13.6. The summed E-state index contributed by atoms with van der Waals surface area (Å²) in [4.78, 5) is 32.3. The minimum Gasteiger partial charge on any atom is -0.478 e. The third-order valence-electron chi connectivity index (χ3n) is 2.24. The molecule has 0 bridgehead atoms. The summed E-state index contributed by atoms with van der Waals surface area (Å²) in [5.74, 6) is -1.86. The molecule has 0 amide bonds. The molecular weight excluding hydrogens is 238 g/mol. The monoisotopic (exact) mass is 249 g/mol. The fraction of sp³-hybridized carbons (Fsp3) is 0.167. The molecule has 0 aliphatic heterocycles. The summed E-state index contributed by atoms with van der Waals surface area (Å²) in [5.41, 5.74) is -0.223. The van der Waals surface area contributed by atoms with Crippen LogP contribution in [-0.2, 0) is 9.59 Å². The molecule has 1 aromatic rings. The molecule has 18 heavy (non-hydrogen) atoms. The van der Waals surface area contributed by atoms with E-state index in [4.69, 9.17) is 5.11 Å². The largest absolute Gasteiger partial charge is 0.478 e. The van der Waals surface area contributed by atoms with Crippen molar-refractivity contribution in [2.45, 2.75) is 13.3 Å². The van der Waals surface area contributed by atoms with Crippen LogP contribution in [0.2, 0.25) is 0 Å². The number of nitro benzene ring substituents is 1. The van der Waals surface area contributed by atoms with Gasteiger partial charge in [0.1, 0.15) is 5.57 Å². The van der Waals surface area contributed by atoms with Crippen molar-refractivity contribution in [1.29, 1.82) is 0 Å². The van der Waals surface area contributed by atoms with E-state index in [0.29, 0.717) is 5.56 Å². The number of carbonyl (C=O) groups excluding carboxylic acids is 1. The van der Waals surface area contributed by atoms with Crippen LogP contribution in [0.25, 0.3) is 6.08 Å². The number of aliphatic carboxylic acids is 1. The van der Waals surface area contributed by atoms with E-state index < -0.39 is 16.7 Å². The lowest BCUT2D eigenvalue weighted by atomic mass is 10.1. The first-order valence-corrected chi connectivity index (χ1v) is 5.18. The van der Waals surface area contributed by atoms with Gasteiger partial charge in [0.05, 0.1) is 4.92 Å². The van der Waals surface area contributed by atoms with Crippen LogP contribution in [0.1, 0.15) is 18.9 Å². The first-order chi connectivity index (χ1) is 8.45. The van der Waals surface area contributed by atoms with E-state index in [1.54, 1.807) is 6.92 Å². The maximum absolute atomic E-state index is 11.4. The number of nitrogens with zero attached hydrogens (tertiary/aromatic N) is 1. The van der Waals surface area contributed by atoms with Crippen molar-refractivity contribution < 1.29 is 19.6 Å². The van der Waals surface area contributed by atoms with E-state index in [1.165, 1.54) is 24.3 Å². The molecule has 0 heterocycles. The number of non-ortho nitro benzene ring substituents is 1. The highest BCUT2D eigenvalue weighted by atomic mass is 16.6. The molecular formula is C12H11NO5. The van der Waals surface area contributed by atoms with Crippen LogP contribution in [0.5, 0.6) is 0 Å². The molecule has 1 N–H and O–H groups in total. The van der Waals surface area contributed by atoms with Crippen LogP contribution in [-0.4, -0.2) is 21.8 Å². The number of nitro groups is 1. The predicted octanol–water partition coefficient (Wildman–Crippen LogP) is 2.04. The predicted molar refractivity (Wildman–Crippen MR) is 64.0 cm³/mol. The Morgan fingerprint density at radius 2 is 2.11 bits per heavy atom. The summed E-state index contributed by atoms with van der Waals surface area (Å²) in [6, 6.07) is 5.43. The van der Waals surface area contributed by atoms with Crippen LogP contribution >= 0.6 is 0 Å². The van der Waals surface area contributed by atoms with Gasteiger partial charge in [-0.05, 0) is 11.6 Å². The quantitative estimate of drug-likeness (QED) is 0.283. The molecule has 0 aliphatic carbocycles. The van der Waals surface area contributed by atoms with E-state index in [1.807, 2.05) is 0 Å². The van der Waals surface area contributed by atoms with Crippen molar-refractivity contribution in [2.24, 2.45) is 0 Å². The first-order valence-electron chi connectivity index (χ1n) is 5.18. The molecule has 0 atom stereocenters. The SMILES string of the molecule is CCC(=O)/C(=C\c1cccc([N+](=O)[O-])c1)C(=O)O. The molecule has 0 saturated carbocycles. The zero-order valence-corrected chi connectivity index (χ0v) is 9.62. The average Bonchev–Trinajstić information content (AvgIpc) is 2.35. The van der Waals surface area contributed by atoms with E-state index in [-0.39, 0.29) is 17.7 Å². The van der Waals surface area contributed by atoms with Crippen molar-refractivity contribution in [2.75, 3.05) is 0 Å². The minimum absolute atomic E-state index is 0.0626. The molecule has 0 saturated heterocycles. The van der Waals surface area contributed by atoms with Crippen LogP contribution in [0.15, 0.2) is 29.8 Å². The van der Waals surface area contributed by atoms with Gasteiger partial charge in [0.2, 0.25) is 0 Å². The maximum atomic E-state index is 11.4. The second-order valence-electron chi connectivity index (χ2n) is 3.49. The second kappa shape index (κ2) is 5.72. The number of carboxylic acids is 1. The van der Waals surface area contributed by atoms with Crippen molar-refractivity contribution in [3.63, 3.8) is 0 Å². The van der Waals surface area contributed by atoms with Crippen molar-refractivity contribution in [3.8, 4) is 0 Å². The minimum atomic E-state index is -1.34. The molecule has 0 radical (unpaired) electrons. The van der Waals surface area contributed by atoms with Gasteiger partial charge in [-0.1, -0.05) is 19.1 Å². The average molecular weight is 249 g/mol. The topological polar surface area (TPSA) is 97.5 Å². The Morgan fingerprint density at radius 1 is 1.44 bits per heavy atom.